The van der Waals surface area contributed by atoms with Gasteiger partial charge in [-0.3, -0.25) is 0 Å². The van der Waals surface area contributed by atoms with Crippen molar-refractivity contribution in [2.75, 3.05) is 0 Å². The summed E-state index contributed by atoms with van der Waals surface area (Å²) < 4.78 is 14.3. The Bertz CT molecular complexity index is 258. The summed E-state index contributed by atoms with van der Waals surface area (Å²) in [6.45, 7) is 0. The maximum atomic E-state index is 10.0. The summed E-state index contributed by atoms with van der Waals surface area (Å²) in [6, 6.07) is 0. The van der Waals surface area contributed by atoms with Crippen LogP contribution in [0.2, 0.25) is 5.15 Å². The molecule has 1 rings (SSSR count). The molecular formula is C2ClNOS3. The molecule has 0 saturated heterocycles. The molecule has 2 nitrogen and oxygen atoms in total. The molecule has 0 fully saturated rings. The van der Waals surface area contributed by atoms with Gasteiger partial charge in [-0.25, -0.2) is 4.21 Å². The van der Waals surface area contributed by atoms with Crippen LogP contribution in [0.15, 0.2) is 0 Å². The van der Waals surface area contributed by atoms with Gasteiger partial charge in [0.15, 0.2) is 8.98 Å². The molecule has 8 heavy (non-hydrogen) atoms. The van der Waals surface area contributed by atoms with E-state index in [2.05, 4.69) is 4.37 Å². The molecule has 0 aromatic carbocycles. The van der Waals surface area contributed by atoms with Crippen molar-refractivity contribution < 1.29 is 4.21 Å². The molecule has 0 aliphatic heterocycles. The zero-order valence-corrected chi connectivity index (χ0v) is 6.66. The summed E-state index contributed by atoms with van der Waals surface area (Å²) >= 11 is 5.82. The van der Waals surface area contributed by atoms with Gasteiger partial charge in [0.05, 0.1) is 0 Å². The van der Waals surface area contributed by atoms with E-state index >= 15 is 0 Å². The van der Waals surface area contributed by atoms with E-state index in [0.717, 1.165) is 0 Å². The van der Waals surface area contributed by atoms with Gasteiger partial charge in [0.1, 0.15) is 11.3 Å². The summed E-state index contributed by atoms with van der Waals surface area (Å²) in [5, 5.41) is 0.333. The molecule has 0 amide bonds. The van der Waals surface area contributed by atoms with Crippen LogP contribution in [0, 0.1) is 3.82 Å². The Morgan fingerprint density at radius 3 is 2.75 bits per heavy atom. The lowest BCUT2D eigenvalue weighted by Crippen LogP contribution is -1.55. The highest BCUT2D eigenvalue weighted by Crippen LogP contribution is 2.14. The highest BCUT2D eigenvalue weighted by molar-refractivity contribution is 7.72. The first-order valence-corrected chi connectivity index (χ1v) is 4.81. The molecule has 0 N–H and O–H groups in total. The Morgan fingerprint density at radius 2 is 2.50 bits per heavy atom. The predicted molar refractivity (Wildman–Crippen MR) is 36.4 cm³/mol. The number of hydrogen-bond acceptors (Lipinski definition) is 4. The van der Waals surface area contributed by atoms with Crippen molar-refractivity contribution in [2.45, 2.75) is 0 Å². The quantitative estimate of drug-likeness (QED) is 0.454. The molecule has 1 aromatic heterocycles. The molecule has 0 aliphatic rings. The number of nitrogens with zero attached hydrogens (tertiary/aromatic N) is 1. The Labute approximate surface area is 61.4 Å². The molecule has 6 heteroatoms. The average Bonchev–Trinajstić information content (AvgIpc) is 2.14. The van der Waals surface area contributed by atoms with Crippen molar-refractivity contribution in [3.05, 3.63) is 8.98 Å². The second-order valence-corrected chi connectivity index (χ2v) is 3.96. The topological polar surface area (TPSA) is 30.0 Å². The molecule has 0 atom stereocenters. The van der Waals surface area contributed by atoms with Gasteiger partial charge in [0.25, 0.3) is 0 Å². The summed E-state index contributed by atoms with van der Waals surface area (Å²) in [7, 11) is 2.53. The highest BCUT2D eigenvalue weighted by Gasteiger charge is 1.92. The summed E-state index contributed by atoms with van der Waals surface area (Å²) in [5.74, 6) is 0. The Morgan fingerprint density at radius 1 is 1.75 bits per heavy atom. The zero-order chi connectivity index (χ0) is 5.98. The number of aromatic nitrogens is 1. The van der Waals surface area contributed by atoms with Crippen LogP contribution in [0.25, 0.3) is 0 Å². The first-order valence-electron chi connectivity index (χ1n) is 1.59. The first-order chi connectivity index (χ1) is 3.84. The molecule has 0 radical (unpaired) electrons. The van der Waals surface area contributed by atoms with Crippen molar-refractivity contribution in [2.24, 2.45) is 0 Å². The molecule has 1 heterocycles. The van der Waals surface area contributed by atoms with E-state index in [4.69, 9.17) is 11.6 Å². The lowest BCUT2D eigenvalue weighted by Gasteiger charge is -1.62. The molecule has 0 unspecified atom stereocenters. The molecule has 0 aliphatic carbocycles. The number of hydrogen-bond donors (Lipinski definition) is 0. The third-order valence-electron chi connectivity index (χ3n) is 0.474. The zero-order valence-electron chi connectivity index (χ0n) is 3.46. The van der Waals surface area contributed by atoms with Gasteiger partial charge in [0.2, 0.25) is 0 Å². The Balaban J connectivity index is 3.54. The van der Waals surface area contributed by atoms with Gasteiger partial charge >= 0.3 is 0 Å². The van der Waals surface area contributed by atoms with Crippen LogP contribution >= 0.6 is 32.5 Å². The largest absolute Gasteiger partial charge is 0.211 e. The third kappa shape index (κ3) is 1.17. The SMILES string of the molecule is O=S=c1ssnc1Cl. The van der Waals surface area contributed by atoms with Crippen molar-refractivity contribution in [1.29, 1.82) is 0 Å². The fourth-order valence-electron chi connectivity index (χ4n) is 0.205. The van der Waals surface area contributed by atoms with Gasteiger partial charge in [0, 0.05) is 10.5 Å². The molecule has 0 bridgehead atoms. The monoisotopic (exact) mass is 185 g/mol. The van der Waals surface area contributed by atoms with Crippen LogP contribution in [-0.4, -0.2) is 8.58 Å². The minimum atomic E-state index is 0.333. The van der Waals surface area contributed by atoms with E-state index in [9.17, 15) is 4.21 Å². The molecule has 0 spiro atoms. The van der Waals surface area contributed by atoms with E-state index < -0.39 is 0 Å². The van der Waals surface area contributed by atoms with Crippen LogP contribution < -0.4 is 0 Å². The van der Waals surface area contributed by atoms with Crippen LogP contribution in [0.5, 0.6) is 0 Å². The summed E-state index contributed by atoms with van der Waals surface area (Å²) in [4.78, 5) is 0. The Kier molecular flexibility index (Phi) is 2.18. The second kappa shape index (κ2) is 2.72. The minimum Gasteiger partial charge on any atom is -0.211 e. The van der Waals surface area contributed by atoms with Crippen molar-refractivity contribution in [1.82, 2.24) is 4.37 Å². The lowest BCUT2D eigenvalue weighted by atomic mass is 11.0. The van der Waals surface area contributed by atoms with Crippen molar-refractivity contribution >= 4 is 43.7 Å². The van der Waals surface area contributed by atoms with Crippen molar-refractivity contribution in [3.63, 3.8) is 0 Å². The lowest BCUT2D eigenvalue weighted by molar-refractivity contribution is 0.700. The number of halogens is 1. The normalized spacial score (nSPS) is 9.12. The highest BCUT2D eigenvalue weighted by atomic mass is 35.5. The van der Waals surface area contributed by atoms with E-state index in [1.165, 1.54) is 20.9 Å². The van der Waals surface area contributed by atoms with Crippen LogP contribution in [0.3, 0.4) is 0 Å². The predicted octanol–water partition coefficient (Wildman–Crippen LogP) is 1.60. The second-order valence-electron chi connectivity index (χ2n) is 0.911. The van der Waals surface area contributed by atoms with Gasteiger partial charge in [-0.15, -0.1) is 0 Å². The van der Waals surface area contributed by atoms with E-state index in [1.807, 2.05) is 0 Å². The van der Waals surface area contributed by atoms with Gasteiger partial charge in [-0.1, -0.05) is 11.6 Å². The van der Waals surface area contributed by atoms with E-state index in [-0.39, 0.29) is 0 Å². The summed E-state index contributed by atoms with van der Waals surface area (Å²) in [6.07, 6.45) is 0. The van der Waals surface area contributed by atoms with Crippen LogP contribution in [0.4, 0.5) is 0 Å². The maximum Gasteiger partial charge on any atom is 0.174 e. The molecule has 0 saturated carbocycles. The third-order valence-corrected chi connectivity index (χ3v) is 3.81. The van der Waals surface area contributed by atoms with Crippen LogP contribution in [-0.2, 0) is 11.3 Å². The molecule has 1 aromatic rings. The Hall–Kier alpha value is 0.290. The fraction of sp³-hybridized carbons (Fsp3) is 0. The molecular weight excluding hydrogens is 186 g/mol. The van der Waals surface area contributed by atoms with Gasteiger partial charge < -0.3 is 0 Å². The van der Waals surface area contributed by atoms with Gasteiger partial charge in [-0.05, 0) is 10.3 Å². The van der Waals surface area contributed by atoms with E-state index in [0.29, 0.717) is 20.2 Å². The fourth-order valence-corrected chi connectivity index (χ4v) is 2.80. The smallest absolute Gasteiger partial charge is 0.174 e. The summed E-state index contributed by atoms with van der Waals surface area (Å²) in [5.41, 5.74) is 0. The minimum absolute atomic E-state index is 0.333. The van der Waals surface area contributed by atoms with Crippen LogP contribution in [0.1, 0.15) is 0 Å². The van der Waals surface area contributed by atoms with Gasteiger partial charge in [-0.2, -0.15) is 4.37 Å². The number of rotatable bonds is 0. The molecule has 44 valence electrons. The maximum absolute atomic E-state index is 10.0. The standard InChI is InChI=1S/C2ClNOS3/c3-1-2(6-5)7-8-4-1. The van der Waals surface area contributed by atoms with Crippen molar-refractivity contribution in [3.8, 4) is 0 Å². The first kappa shape index (κ1) is 6.41. The average molecular weight is 186 g/mol. The van der Waals surface area contributed by atoms with E-state index in [1.54, 1.807) is 0 Å².